The van der Waals surface area contributed by atoms with Crippen LogP contribution in [0.25, 0.3) is 32.7 Å². The Hall–Kier alpha value is -3.38. The van der Waals surface area contributed by atoms with E-state index in [0.29, 0.717) is 0 Å². The molecule has 0 bridgehead atoms. The molecular formula is C33H25PS. The molecule has 0 radical (unpaired) electrons. The normalized spacial score (nSPS) is 11.4. The van der Waals surface area contributed by atoms with Gasteiger partial charge in [-0.3, -0.25) is 0 Å². The van der Waals surface area contributed by atoms with Crippen molar-refractivity contribution in [2.45, 2.75) is 4.90 Å². The standard InChI is InChI=1S/C33H25PS/c1-35-31-23-21-25-13-9-11-19-29(25)33(31)32-28-18-10-8-12-24(28)20-22-30(32)34(26-14-4-2-5-15-26)27-16-6-3-7-17-27/h2-23H,1H3. The van der Waals surface area contributed by atoms with Gasteiger partial charge in [0.05, 0.1) is 0 Å². The number of benzene rings is 6. The van der Waals surface area contributed by atoms with Crippen LogP contribution in [0, 0.1) is 0 Å². The van der Waals surface area contributed by atoms with Gasteiger partial charge < -0.3 is 0 Å². The van der Waals surface area contributed by atoms with Crippen LogP contribution >= 0.6 is 19.7 Å². The van der Waals surface area contributed by atoms with Crippen LogP contribution in [-0.2, 0) is 0 Å². The third-order valence-electron chi connectivity index (χ3n) is 6.54. The highest BCUT2D eigenvalue weighted by atomic mass is 32.2. The highest BCUT2D eigenvalue weighted by Crippen LogP contribution is 2.44. The topological polar surface area (TPSA) is 0 Å². The summed E-state index contributed by atoms with van der Waals surface area (Å²) in [6.45, 7) is 0. The molecule has 0 nitrogen and oxygen atoms in total. The van der Waals surface area contributed by atoms with Crippen molar-refractivity contribution >= 4 is 57.1 Å². The lowest BCUT2D eigenvalue weighted by Crippen LogP contribution is -2.22. The third kappa shape index (κ3) is 4.06. The van der Waals surface area contributed by atoms with Gasteiger partial charge in [-0.25, -0.2) is 0 Å². The van der Waals surface area contributed by atoms with Crippen molar-refractivity contribution in [2.24, 2.45) is 0 Å². The summed E-state index contributed by atoms with van der Waals surface area (Å²) in [5.41, 5.74) is 2.71. The second-order valence-corrected chi connectivity index (χ2v) is 11.6. The Morgan fingerprint density at radius 1 is 0.457 bits per heavy atom. The Morgan fingerprint density at radius 3 is 1.51 bits per heavy atom. The van der Waals surface area contributed by atoms with Crippen LogP contribution in [0.3, 0.4) is 0 Å². The highest BCUT2D eigenvalue weighted by molar-refractivity contribution is 7.98. The van der Waals surface area contributed by atoms with Crippen LogP contribution in [0.1, 0.15) is 0 Å². The zero-order valence-corrected chi connectivity index (χ0v) is 21.3. The molecule has 0 aromatic heterocycles. The van der Waals surface area contributed by atoms with E-state index in [1.54, 1.807) is 0 Å². The van der Waals surface area contributed by atoms with Crippen molar-refractivity contribution in [1.29, 1.82) is 0 Å². The predicted molar refractivity (Wildman–Crippen MR) is 157 cm³/mol. The summed E-state index contributed by atoms with van der Waals surface area (Å²) in [6, 6.07) is 48.9. The average molecular weight is 485 g/mol. The zero-order valence-electron chi connectivity index (χ0n) is 19.6. The van der Waals surface area contributed by atoms with E-state index in [1.807, 2.05) is 11.8 Å². The van der Waals surface area contributed by atoms with E-state index >= 15 is 0 Å². The van der Waals surface area contributed by atoms with Gasteiger partial charge in [-0.05, 0) is 63.3 Å². The minimum atomic E-state index is -0.746. The van der Waals surface area contributed by atoms with Gasteiger partial charge in [0.15, 0.2) is 0 Å². The molecule has 0 saturated heterocycles. The lowest BCUT2D eigenvalue weighted by atomic mass is 9.94. The fourth-order valence-corrected chi connectivity index (χ4v) is 8.06. The van der Waals surface area contributed by atoms with Crippen LogP contribution in [-0.4, -0.2) is 6.26 Å². The quantitative estimate of drug-likeness (QED) is 0.176. The van der Waals surface area contributed by atoms with Gasteiger partial charge in [-0.2, -0.15) is 0 Å². The molecule has 0 heterocycles. The lowest BCUT2D eigenvalue weighted by molar-refractivity contribution is 1.51. The van der Waals surface area contributed by atoms with Crippen LogP contribution in [0.2, 0.25) is 0 Å². The van der Waals surface area contributed by atoms with E-state index in [-0.39, 0.29) is 0 Å². The molecule has 6 rings (SSSR count). The first-order valence-corrected chi connectivity index (χ1v) is 14.4. The molecule has 0 aliphatic heterocycles. The Balaban J connectivity index is 1.77. The van der Waals surface area contributed by atoms with Crippen LogP contribution in [0.4, 0.5) is 0 Å². The minimum Gasteiger partial charge on any atom is -0.129 e. The molecule has 0 amide bonds. The van der Waals surface area contributed by atoms with Crippen LogP contribution in [0.5, 0.6) is 0 Å². The van der Waals surface area contributed by atoms with Crippen LogP contribution in [0.15, 0.2) is 138 Å². The lowest BCUT2D eigenvalue weighted by Gasteiger charge is -2.25. The third-order valence-corrected chi connectivity index (χ3v) is 9.80. The Morgan fingerprint density at radius 2 is 0.943 bits per heavy atom. The molecule has 0 fully saturated rings. The Bertz CT molecular complexity index is 1580. The number of rotatable bonds is 5. The molecule has 6 aromatic rings. The maximum Gasteiger partial charge on any atom is 0.0155 e. The number of fused-ring (bicyclic) bond motifs is 2. The molecule has 35 heavy (non-hydrogen) atoms. The monoisotopic (exact) mass is 484 g/mol. The molecule has 0 aliphatic carbocycles. The molecule has 0 spiro atoms. The maximum absolute atomic E-state index is 2.38. The van der Waals surface area contributed by atoms with E-state index in [2.05, 4.69) is 140 Å². The first-order chi connectivity index (χ1) is 17.3. The molecule has 0 saturated carbocycles. The van der Waals surface area contributed by atoms with E-state index in [1.165, 1.54) is 53.5 Å². The predicted octanol–water partition coefficient (Wildman–Crippen LogP) is 8.14. The number of hydrogen-bond donors (Lipinski definition) is 0. The first kappa shape index (κ1) is 22.1. The second-order valence-electron chi connectivity index (χ2n) is 8.55. The molecule has 0 N–H and O–H groups in total. The van der Waals surface area contributed by atoms with Crippen molar-refractivity contribution < 1.29 is 0 Å². The van der Waals surface area contributed by atoms with Gasteiger partial charge in [-0.1, -0.05) is 127 Å². The molecule has 0 atom stereocenters. The van der Waals surface area contributed by atoms with Gasteiger partial charge in [0.25, 0.3) is 0 Å². The fraction of sp³-hybridized carbons (Fsp3) is 0.0303. The van der Waals surface area contributed by atoms with Gasteiger partial charge >= 0.3 is 0 Å². The summed E-state index contributed by atoms with van der Waals surface area (Å²) in [5, 5.41) is 9.34. The highest BCUT2D eigenvalue weighted by Gasteiger charge is 2.24. The Labute approximate surface area is 212 Å². The van der Waals surface area contributed by atoms with Crippen molar-refractivity contribution in [3.8, 4) is 11.1 Å². The summed E-state index contributed by atoms with van der Waals surface area (Å²) < 4.78 is 0. The average Bonchev–Trinajstić information content (AvgIpc) is 2.94. The fourth-order valence-electron chi connectivity index (χ4n) is 4.97. The summed E-state index contributed by atoms with van der Waals surface area (Å²) in [4.78, 5) is 1.32. The Kier molecular flexibility index (Phi) is 6.13. The van der Waals surface area contributed by atoms with E-state index in [9.17, 15) is 0 Å². The van der Waals surface area contributed by atoms with Gasteiger partial charge in [-0.15, -0.1) is 11.8 Å². The van der Waals surface area contributed by atoms with Crippen molar-refractivity contribution in [3.05, 3.63) is 133 Å². The molecule has 6 aromatic carbocycles. The second kappa shape index (κ2) is 9.70. The SMILES string of the molecule is CSc1ccc2ccccc2c1-c1c(P(c2ccccc2)c2ccccc2)ccc2ccccc12. The van der Waals surface area contributed by atoms with E-state index in [0.717, 1.165) is 0 Å². The molecule has 0 aliphatic rings. The summed E-state index contributed by atoms with van der Waals surface area (Å²) in [5.74, 6) is 0. The number of thioether (sulfide) groups is 1. The zero-order chi connectivity index (χ0) is 23.6. The van der Waals surface area contributed by atoms with Gasteiger partial charge in [0.1, 0.15) is 0 Å². The summed E-state index contributed by atoms with van der Waals surface area (Å²) in [6.07, 6.45) is 2.19. The van der Waals surface area contributed by atoms with E-state index < -0.39 is 7.92 Å². The van der Waals surface area contributed by atoms with Gasteiger partial charge in [0, 0.05) is 10.5 Å². The summed E-state index contributed by atoms with van der Waals surface area (Å²) in [7, 11) is -0.746. The smallest absolute Gasteiger partial charge is 0.0155 e. The van der Waals surface area contributed by atoms with Gasteiger partial charge in [0.2, 0.25) is 0 Å². The molecule has 0 unspecified atom stereocenters. The van der Waals surface area contributed by atoms with Crippen LogP contribution < -0.4 is 15.9 Å². The number of hydrogen-bond acceptors (Lipinski definition) is 1. The molecule has 2 heteroatoms. The van der Waals surface area contributed by atoms with Crippen molar-refractivity contribution in [2.75, 3.05) is 6.26 Å². The maximum atomic E-state index is 2.38. The minimum absolute atomic E-state index is 0.746. The molecular weight excluding hydrogens is 459 g/mol. The first-order valence-electron chi connectivity index (χ1n) is 11.8. The largest absolute Gasteiger partial charge is 0.129 e. The summed E-state index contributed by atoms with van der Waals surface area (Å²) >= 11 is 1.83. The molecule has 168 valence electrons. The van der Waals surface area contributed by atoms with Crippen molar-refractivity contribution in [3.63, 3.8) is 0 Å². The van der Waals surface area contributed by atoms with Crippen molar-refractivity contribution in [1.82, 2.24) is 0 Å². The van der Waals surface area contributed by atoms with E-state index in [4.69, 9.17) is 0 Å².